The minimum Gasteiger partial charge on any atom is -0.462 e. The molecular weight excluding hydrogens is 608 g/mol. The average molecular weight is 661 g/mol. The highest BCUT2D eigenvalue weighted by atomic mass is 16.6. The number of nitrogens with two attached hydrogens (primary N) is 1. The lowest BCUT2D eigenvalue weighted by Gasteiger charge is -2.27. The van der Waals surface area contributed by atoms with Gasteiger partial charge < -0.3 is 35.9 Å². The van der Waals surface area contributed by atoms with Gasteiger partial charge in [-0.1, -0.05) is 50.6 Å². The van der Waals surface area contributed by atoms with Crippen molar-refractivity contribution in [1.82, 2.24) is 16.0 Å². The quantitative estimate of drug-likeness (QED) is 0.143. The lowest BCUT2D eigenvalue weighted by atomic mass is 9.98. The standard InChI is InChI=1S/C34H52N4O9/c1-22(2)20-27(32(43)45-21-23-12-8-6-9-13-23)37-30(41)25(17-19-29(40)46-24-14-10-7-11-15-24)36-31(42)26(16-18-28(35)39)38-33(44)47-34(3,4)5/h6,8-9,12-13,22,24-27H,7,10-11,14-21H2,1-5H3,(H2,35,39)(H,36,42)(H,37,41)(H,38,44)/t25-,26-,27-/m0/s1. The molecule has 0 heterocycles. The second-order valence-electron chi connectivity index (χ2n) is 13.3. The van der Waals surface area contributed by atoms with Crippen molar-refractivity contribution in [1.29, 1.82) is 0 Å². The van der Waals surface area contributed by atoms with Gasteiger partial charge in [0.15, 0.2) is 0 Å². The summed E-state index contributed by atoms with van der Waals surface area (Å²) in [5.74, 6) is -3.38. The Hall–Kier alpha value is -4.16. The summed E-state index contributed by atoms with van der Waals surface area (Å²) in [6, 6.07) is 5.47. The summed E-state index contributed by atoms with van der Waals surface area (Å²) in [5.41, 5.74) is 5.20. The zero-order chi connectivity index (χ0) is 35.0. The molecule has 0 bridgehead atoms. The van der Waals surface area contributed by atoms with Crippen LogP contribution in [-0.2, 0) is 44.8 Å². The van der Waals surface area contributed by atoms with Crippen LogP contribution in [0.5, 0.6) is 0 Å². The maximum Gasteiger partial charge on any atom is 0.408 e. The van der Waals surface area contributed by atoms with Gasteiger partial charge in [-0.2, -0.15) is 0 Å². The number of primary amides is 1. The molecule has 0 aromatic heterocycles. The highest BCUT2D eigenvalue weighted by molar-refractivity contribution is 5.93. The Kier molecular flexibility index (Phi) is 16.2. The molecule has 1 aliphatic carbocycles. The van der Waals surface area contributed by atoms with Gasteiger partial charge in [0.05, 0.1) is 0 Å². The van der Waals surface area contributed by atoms with E-state index >= 15 is 0 Å². The Morgan fingerprint density at radius 1 is 0.830 bits per heavy atom. The van der Waals surface area contributed by atoms with Crippen LogP contribution in [0.1, 0.15) is 104 Å². The molecule has 1 saturated carbocycles. The Morgan fingerprint density at radius 3 is 1.98 bits per heavy atom. The summed E-state index contributed by atoms with van der Waals surface area (Å²) in [4.78, 5) is 77.0. The maximum absolute atomic E-state index is 13.7. The minimum absolute atomic E-state index is 0.000652. The molecule has 0 aliphatic heterocycles. The van der Waals surface area contributed by atoms with Crippen molar-refractivity contribution in [2.75, 3.05) is 0 Å². The zero-order valence-electron chi connectivity index (χ0n) is 28.3. The van der Waals surface area contributed by atoms with Crippen molar-refractivity contribution < 1.29 is 43.0 Å². The van der Waals surface area contributed by atoms with Crippen molar-refractivity contribution in [2.24, 2.45) is 11.7 Å². The summed E-state index contributed by atoms with van der Waals surface area (Å²) in [5, 5.41) is 7.71. The van der Waals surface area contributed by atoms with Crippen LogP contribution in [0.3, 0.4) is 0 Å². The van der Waals surface area contributed by atoms with Crippen LogP contribution in [-0.4, -0.2) is 65.6 Å². The van der Waals surface area contributed by atoms with Crippen molar-refractivity contribution in [3.8, 4) is 0 Å². The number of ether oxygens (including phenoxy) is 3. The number of hydrogen-bond donors (Lipinski definition) is 4. The molecular formula is C34H52N4O9. The first-order valence-electron chi connectivity index (χ1n) is 16.4. The Balaban J connectivity index is 2.22. The van der Waals surface area contributed by atoms with Gasteiger partial charge in [-0.3, -0.25) is 19.2 Å². The number of esters is 2. The number of hydrogen-bond acceptors (Lipinski definition) is 9. The third-order valence-corrected chi connectivity index (χ3v) is 7.34. The van der Waals surface area contributed by atoms with Crippen LogP contribution in [0.2, 0.25) is 0 Å². The Labute approximate surface area is 277 Å². The molecule has 4 amide bonds. The fraction of sp³-hybridized carbons (Fsp3) is 0.647. The summed E-state index contributed by atoms with van der Waals surface area (Å²) < 4.78 is 16.4. The van der Waals surface area contributed by atoms with Crippen LogP contribution >= 0.6 is 0 Å². The first-order chi connectivity index (χ1) is 22.1. The zero-order valence-corrected chi connectivity index (χ0v) is 28.3. The number of carbonyl (C=O) groups is 6. The van der Waals surface area contributed by atoms with E-state index < -0.39 is 59.5 Å². The second kappa shape index (κ2) is 19.5. The van der Waals surface area contributed by atoms with Gasteiger partial charge in [-0.25, -0.2) is 9.59 Å². The first kappa shape index (κ1) is 39.0. The predicted octanol–water partition coefficient (Wildman–Crippen LogP) is 3.56. The molecule has 1 aromatic rings. The number of alkyl carbamates (subject to hydrolysis) is 1. The Morgan fingerprint density at radius 2 is 1.40 bits per heavy atom. The molecule has 47 heavy (non-hydrogen) atoms. The van der Waals surface area contributed by atoms with Crippen LogP contribution in [0.15, 0.2) is 30.3 Å². The van der Waals surface area contributed by atoms with Gasteiger partial charge in [0.2, 0.25) is 17.7 Å². The normalized spacial score (nSPS) is 15.4. The van der Waals surface area contributed by atoms with Gasteiger partial charge in [0, 0.05) is 12.8 Å². The van der Waals surface area contributed by atoms with E-state index in [-0.39, 0.29) is 50.7 Å². The largest absolute Gasteiger partial charge is 0.462 e. The van der Waals surface area contributed by atoms with Gasteiger partial charge in [-0.05, 0) is 77.2 Å². The third-order valence-electron chi connectivity index (χ3n) is 7.34. The van der Waals surface area contributed by atoms with E-state index in [1.807, 2.05) is 32.0 Å². The molecule has 13 heteroatoms. The fourth-order valence-corrected chi connectivity index (χ4v) is 5.02. The first-order valence-corrected chi connectivity index (χ1v) is 16.4. The molecule has 0 radical (unpaired) electrons. The molecule has 13 nitrogen and oxygen atoms in total. The van der Waals surface area contributed by atoms with Gasteiger partial charge in [0.1, 0.15) is 36.4 Å². The molecule has 1 fully saturated rings. The van der Waals surface area contributed by atoms with Crippen LogP contribution < -0.4 is 21.7 Å². The van der Waals surface area contributed by atoms with Gasteiger partial charge in [-0.15, -0.1) is 0 Å². The van der Waals surface area contributed by atoms with Crippen molar-refractivity contribution >= 4 is 35.8 Å². The minimum atomic E-state index is -1.30. The fourth-order valence-electron chi connectivity index (χ4n) is 5.02. The summed E-state index contributed by atoms with van der Waals surface area (Å²) in [7, 11) is 0. The van der Waals surface area contributed by atoms with Crippen molar-refractivity contribution in [2.45, 2.75) is 135 Å². The van der Waals surface area contributed by atoms with E-state index in [4.69, 9.17) is 19.9 Å². The number of amides is 4. The number of carbonyl (C=O) groups excluding carboxylic acids is 6. The van der Waals surface area contributed by atoms with E-state index in [9.17, 15) is 28.8 Å². The molecule has 0 unspecified atom stereocenters. The summed E-state index contributed by atoms with van der Waals surface area (Å²) in [6.07, 6.45) is 2.98. The van der Waals surface area contributed by atoms with Crippen molar-refractivity contribution in [3.63, 3.8) is 0 Å². The molecule has 262 valence electrons. The van der Waals surface area contributed by atoms with Crippen LogP contribution in [0.4, 0.5) is 4.79 Å². The van der Waals surface area contributed by atoms with E-state index in [2.05, 4.69) is 16.0 Å². The SMILES string of the molecule is CC(C)C[C@H](NC(=O)[C@H](CCC(=O)OC1CCCCC1)NC(=O)[C@H](CCC(N)=O)NC(=O)OC(C)(C)C)C(=O)OCc1ccccc1. The van der Waals surface area contributed by atoms with Crippen LogP contribution in [0.25, 0.3) is 0 Å². The van der Waals surface area contributed by atoms with E-state index in [1.54, 1.807) is 32.9 Å². The molecule has 5 N–H and O–H groups in total. The van der Waals surface area contributed by atoms with Crippen LogP contribution in [0, 0.1) is 5.92 Å². The average Bonchev–Trinajstić information content (AvgIpc) is 2.99. The monoisotopic (exact) mass is 660 g/mol. The molecule has 3 atom stereocenters. The summed E-state index contributed by atoms with van der Waals surface area (Å²) >= 11 is 0. The van der Waals surface area contributed by atoms with E-state index in [0.717, 1.165) is 37.7 Å². The van der Waals surface area contributed by atoms with Crippen molar-refractivity contribution in [3.05, 3.63) is 35.9 Å². The molecule has 1 aliphatic rings. The highest BCUT2D eigenvalue weighted by Crippen LogP contribution is 2.21. The van der Waals surface area contributed by atoms with E-state index in [1.165, 1.54) is 0 Å². The third kappa shape index (κ3) is 16.3. The topological polar surface area (TPSA) is 192 Å². The predicted molar refractivity (Wildman–Crippen MR) is 173 cm³/mol. The van der Waals surface area contributed by atoms with Gasteiger partial charge >= 0.3 is 18.0 Å². The van der Waals surface area contributed by atoms with E-state index in [0.29, 0.717) is 0 Å². The van der Waals surface area contributed by atoms with Gasteiger partial charge in [0.25, 0.3) is 0 Å². The highest BCUT2D eigenvalue weighted by Gasteiger charge is 2.32. The molecule has 2 rings (SSSR count). The summed E-state index contributed by atoms with van der Waals surface area (Å²) in [6.45, 7) is 8.73. The Bertz CT molecular complexity index is 1190. The molecule has 0 saturated heterocycles. The number of rotatable bonds is 17. The number of nitrogens with one attached hydrogen (secondary N) is 3. The lowest BCUT2D eigenvalue weighted by molar-refractivity contribution is -0.152. The number of benzene rings is 1. The lowest BCUT2D eigenvalue weighted by Crippen LogP contribution is -2.56. The smallest absolute Gasteiger partial charge is 0.408 e. The molecule has 0 spiro atoms. The molecule has 1 aromatic carbocycles. The maximum atomic E-state index is 13.7. The second-order valence-corrected chi connectivity index (χ2v) is 13.3.